The van der Waals surface area contributed by atoms with Gasteiger partial charge in [-0.25, -0.2) is 13.6 Å². The molecule has 0 atom stereocenters. The molecule has 10 heteroatoms. The number of amides is 1. The highest BCUT2D eigenvalue weighted by Crippen LogP contribution is 2.19. The van der Waals surface area contributed by atoms with Crippen LogP contribution in [0.5, 0.6) is 0 Å². The Bertz CT molecular complexity index is 1130. The van der Waals surface area contributed by atoms with E-state index in [1.807, 2.05) is 24.3 Å². The van der Waals surface area contributed by atoms with E-state index < -0.39 is 10.0 Å². The molecule has 0 bridgehead atoms. The van der Waals surface area contributed by atoms with Gasteiger partial charge in [0.15, 0.2) is 5.82 Å². The van der Waals surface area contributed by atoms with Crippen molar-refractivity contribution in [3.05, 3.63) is 66.5 Å². The molecule has 9 nitrogen and oxygen atoms in total. The van der Waals surface area contributed by atoms with Crippen molar-refractivity contribution in [2.24, 2.45) is 5.14 Å². The molecule has 0 spiro atoms. The van der Waals surface area contributed by atoms with Gasteiger partial charge in [0.05, 0.1) is 10.6 Å². The third-order valence-electron chi connectivity index (χ3n) is 4.95. The van der Waals surface area contributed by atoms with Crippen LogP contribution in [0.2, 0.25) is 0 Å². The SMILES string of the molecule is NS(=O)(=O)c1ccc(C(=O)N2CCN(c3ccc(-c4ccncc4)nn3)CC2)cc1. The Hall–Kier alpha value is -3.37. The summed E-state index contributed by atoms with van der Waals surface area (Å²) in [5, 5.41) is 13.7. The van der Waals surface area contributed by atoms with Gasteiger partial charge in [0, 0.05) is 49.7 Å². The fraction of sp³-hybridized carbons (Fsp3) is 0.200. The number of anilines is 1. The number of primary sulfonamides is 1. The molecule has 4 rings (SSSR count). The van der Waals surface area contributed by atoms with E-state index in [0.29, 0.717) is 31.7 Å². The van der Waals surface area contributed by atoms with Crippen molar-refractivity contribution in [2.45, 2.75) is 4.90 Å². The summed E-state index contributed by atoms with van der Waals surface area (Å²) in [5.41, 5.74) is 2.16. The quantitative estimate of drug-likeness (QED) is 0.666. The normalized spacial score (nSPS) is 14.6. The average molecular weight is 424 g/mol. The molecule has 3 heterocycles. The number of carbonyl (C=O) groups excluding carboxylic acids is 1. The Morgan fingerprint density at radius 3 is 2.10 bits per heavy atom. The molecule has 0 radical (unpaired) electrons. The maximum absolute atomic E-state index is 12.7. The van der Waals surface area contributed by atoms with Gasteiger partial charge in [-0.3, -0.25) is 9.78 Å². The number of nitrogens with zero attached hydrogens (tertiary/aromatic N) is 5. The molecule has 0 saturated carbocycles. The first kappa shape index (κ1) is 19.9. The summed E-state index contributed by atoms with van der Waals surface area (Å²) in [7, 11) is -3.78. The van der Waals surface area contributed by atoms with Crippen LogP contribution in [0.3, 0.4) is 0 Å². The van der Waals surface area contributed by atoms with Crippen molar-refractivity contribution in [3.63, 3.8) is 0 Å². The summed E-state index contributed by atoms with van der Waals surface area (Å²) in [6.07, 6.45) is 3.42. The minimum Gasteiger partial charge on any atom is -0.352 e. The molecule has 1 amide bonds. The molecule has 154 valence electrons. The summed E-state index contributed by atoms with van der Waals surface area (Å²) in [4.78, 5) is 20.5. The number of hydrogen-bond acceptors (Lipinski definition) is 7. The van der Waals surface area contributed by atoms with Gasteiger partial charge in [0.2, 0.25) is 10.0 Å². The highest BCUT2D eigenvalue weighted by atomic mass is 32.2. The Balaban J connectivity index is 1.38. The lowest BCUT2D eigenvalue weighted by atomic mass is 10.1. The molecule has 1 aliphatic heterocycles. The van der Waals surface area contributed by atoms with Crippen LogP contribution in [0.15, 0.2) is 65.8 Å². The zero-order chi connectivity index (χ0) is 21.1. The molecule has 2 aromatic heterocycles. The number of nitrogens with two attached hydrogens (primary N) is 1. The third kappa shape index (κ3) is 4.29. The van der Waals surface area contributed by atoms with Crippen molar-refractivity contribution in [2.75, 3.05) is 31.1 Å². The van der Waals surface area contributed by atoms with Gasteiger partial charge in [-0.15, -0.1) is 10.2 Å². The minimum atomic E-state index is -3.78. The maximum Gasteiger partial charge on any atom is 0.253 e. The zero-order valence-corrected chi connectivity index (χ0v) is 16.9. The van der Waals surface area contributed by atoms with Crippen molar-refractivity contribution in [3.8, 4) is 11.3 Å². The van der Waals surface area contributed by atoms with Crippen LogP contribution in [-0.4, -0.2) is 60.6 Å². The lowest BCUT2D eigenvalue weighted by molar-refractivity contribution is 0.0746. The van der Waals surface area contributed by atoms with Crippen LogP contribution in [0.4, 0.5) is 5.82 Å². The molecule has 1 fully saturated rings. The number of rotatable bonds is 4. The molecule has 0 unspecified atom stereocenters. The predicted molar refractivity (Wildman–Crippen MR) is 111 cm³/mol. The Morgan fingerprint density at radius 2 is 1.53 bits per heavy atom. The standard InChI is InChI=1S/C20H20N6O3S/c21-30(28,29)17-3-1-16(2-4-17)20(27)26-13-11-25(12-14-26)19-6-5-18(23-24-19)15-7-9-22-10-8-15/h1-10H,11-14H2,(H2,21,28,29). The fourth-order valence-electron chi connectivity index (χ4n) is 3.28. The molecule has 1 aliphatic rings. The number of sulfonamides is 1. The number of piperazine rings is 1. The summed E-state index contributed by atoms with van der Waals surface area (Å²) < 4.78 is 22.7. The average Bonchev–Trinajstić information content (AvgIpc) is 2.79. The lowest BCUT2D eigenvalue weighted by Gasteiger charge is -2.35. The Labute approximate surface area is 174 Å². The summed E-state index contributed by atoms with van der Waals surface area (Å²) in [5.74, 6) is 0.618. The monoisotopic (exact) mass is 424 g/mol. The first-order chi connectivity index (χ1) is 14.4. The second-order valence-electron chi connectivity index (χ2n) is 6.86. The van der Waals surface area contributed by atoms with Gasteiger partial charge in [0.1, 0.15) is 0 Å². The molecule has 3 aromatic rings. The van der Waals surface area contributed by atoms with Crippen molar-refractivity contribution < 1.29 is 13.2 Å². The highest BCUT2D eigenvalue weighted by molar-refractivity contribution is 7.89. The predicted octanol–water partition coefficient (Wildman–Crippen LogP) is 1.15. The molecule has 1 saturated heterocycles. The summed E-state index contributed by atoms with van der Waals surface area (Å²) in [6, 6.07) is 13.3. The number of carbonyl (C=O) groups is 1. The second kappa shape index (κ2) is 8.17. The molecule has 0 aliphatic carbocycles. The van der Waals surface area contributed by atoms with Crippen LogP contribution in [0, 0.1) is 0 Å². The number of pyridine rings is 1. The Morgan fingerprint density at radius 1 is 0.867 bits per heavy atom. The van der Waals surface area contributed by atoms with E-state index in [4.69, 9.17) is 5.14 Å². The largest absolute Gasteiger partial charge is 0.352 e. The van der Waals surface area contributed by atoms with Crippen LogP contribution in [0.1, 0.15) is 10.4 Å². The van der Waals surface area contributed by atoms with Gasteiger partial charge < -0.3 is 9.80 Å². The smallest absolute Gasteiger partial charge is 0.253 e. The van der Waals surface area contributed by atoms with Gasteiger partial charge in [-0.05, 0) is 48.5 Å². The first-order valence-corrected chi connectivity index (χ1v) is 10.9. The minimum absolute atomic E-state index is 0.0161. The fourth-order valence-corrected chi connectivity index (χ4v) is 3.79. The van der Waals surface area contributed by atoms with Crippen molar-refractivity contribution in [1.82, 2.24) is 20.1 Å². The topological polar surface area (TPSA) is 122 Å². The van der Waals surface area contributed by atoms with Crippen LogP contribution >= 0.6 is 0 Å². The Kier molecular flexibility index (Phi) is 5.42. The maximum atomic E-state index is 12.7. The van der Waals surface area contributed by atoms with Crippen LogP contribution < -0.4 is 10.0 Å². The van der Waals surface area contributed by atoms with Crippen molar-refractivity contribution >= 4 is 21.7 Å². The second-order valence-corrected chi connectivity index (χ2v) is 8.42. The van der Waals surface area contributed by atoms with E-state index in [9.17, 15) is 13.2 Å². The van der Waals surface area contributed by atoms with E-state index in [-0.39, 0.29) is 10.8 Å². The van der Waals surface area contributed by atoms with E-state index in [2.05, 4.69) is 20.1 Å². The van der Waals surface area contributed by atoms with Crippen LogP contribution in [0.25, 0.3) is 11.3 Å². The number of hydrogen-bond donors (Lipinski definition) is 1. The van der Waals surface area contributed by atoms with E-state index in [1.54, 1.807) is 17.3 Å². The third-order valence-corrected chi connectivity index (χ3v) is 5.88. The van der Waals surface area contributed by atoms with Gasteiger partial charge in [-0.2, -0.15) is 0 Å². The number of benzene rings is 1. The summed E-state index contributed by atoms with van der Waals surface area (Å²) in [6.45, 7) is 2.32. The number of aromatic nitrogens is 3. The lowest BCUT2D eigenvalue weighted by Crippen LogP contribution is -2.49. The molecular formula is C20H20N6O3S. The molecule has 1 aromatic carbocycles. The van der Waals surface area contributed by atoms with E-state index in [1.165, 1.54) is 24.3 Å². The van der Waals surface area contributed by atoms with Crippen LogP contribution in [-0.2, 0) is 10.0 Å². The van der Waals surface area contributed by atoms with Gasteiger partial charge >= 0.3 is 0 Å². The van der Waals surface area contributed by atoms with E-state index >= 15 is 0 Å². The van der Waals surface area contributed by atoms with Gasteiger partial charge in [-0.1, -0.05) is 0 Å². The van der Waals surface area contributed by atoms with E-state index in [0.717, 1.165) is 17.1 Å². The summed E-state index contributed by atoms with van der Waals surface area (Å²) >= 11 is 0. The molecular weight excluding hydrogens is 404 g/mol. The molecule has 30 heavy (non-hydrogen) atoms. The molecule has 2 N–H and O–H groups in total. The first-order valence-electron chi connectivity index (χ1n) is 9.33. The van der Waals surface area contributed by atoms with Crippen molar-refractivity contribution in [1.29, 1.82) is 0 Å². The van der Waals surface area contributed by atoms with Gasteiger partial charge in [0.25, 0.3) is 5.91 Å². The zero-order valence-electron chi connectivity index (χ0n) is 16.0. The highest BCUT2D eigenvalue weighted by Gasteiger charge is 2.23.